The molecule has 0 aliphatic rings. The summed E-state index contributed by atoms with van der Waals surface area (Å²) in [5, 5.41) is 21.2. The van der Waals surface area contributed by atoms with Gasteiger partial charge in [-0.3, -0.25) is 15.1 Å². The van der Waals surface area contributed by atoms with Crippen molar-refractivity contribution in [2.45, 2.75) is 11.5 Å². The molecule has 24 heavy (non-hydrogen) atoms. The van der Waals surface area contributed by atoms with Crippen molar-refractivity contribution in [3.8, 4) is 0 Å². The van der Waals surface area contributed by atoms with Crippen LogP contribution in [-0.2, 0) is 11.5 Å². The summed E-state index contributed by atoms with van der Waals surface area (Å²) in [6, 6.07) is 3.43. The first-order valence-corrected chi connectivity index (χ1v) is 7.17. The van der Waals surface area contributed by atoms with E-state index in [1.807, 2.05) is 0 Å². The first kappa shape index (κ1) is 18.3. The standard InChI is InChI=1S/C14H9BrF4N2O3/c15-8-1-4-12(20-6-8)14(18,19)13(22,7-21(23)24)10-3-2-9(16)5-11(10)17/h1-6,22H,7H2/t13-/m1/s1. The molecule has 128 valence electrons. The van der Waals surface area contributed by atoms with E-state index in [0.29, 0.717) is 16.6 Å². The van der Waals surface area contributed by atoms with E-state index in [2.05, 4.69) is 20.9 Å². The highest BCUT2D eigenvalue weighted by Gasteiger charge is 2.60. The van der Waals surface area contributed by atoms with Crippen LogP contribution in [0, 0.1) is 21.7 Å². The number of hydrogen-bond acceptors (Lipinski definition) is 4. The van der Waals surface area contributed by atoms with E-state index in [4.69, 9.17) is 0 Å². The van der Waals surface area contributed by atoms with E-state index in [1.54, 1.807) is 0 Å². The molecule has 1 N–H and O–H groups in total. The quantitative estimate of drug-likeness (QED) is 0.467. The normalized spacial score (nSPS) is 14.2. The Morgan fingerprint density at radius 1 is 1.25 bits per heavy atom. The molecule has 1 aromatic heterocycles. The summed E-state index contributed by atoms with van der Waals surface area (Å²) in [4.78, 5) is 13.0. The number of nitrogens with zero attached hydrogens (tertiary/aromatic N) is 2. The van der Waals surface area contributed by atoms with Crippen LogP contribution in [0.15, 0.2) is 41.0 Å². The molecule has 10 heteroatoms. The van der Waals surface area contributed by atoms with Gasteiger partial charge in [0.05, 0.1) is 0 Å². The minimum atomic E-state index is -4.32. The Labute approximate surface area is 141 Å². The number of aliphatic hydroxyl groups is 1. The van der Waals surface area contributed by atoms with Gasteiger partial charge in [0.2, 0.25) is 12.1 Å². The molecule has 2 aromatic rings. The summed E-state index contributed by atoms with van der Waals surface area (Å²) >= 11 is 2.99. The van der Waals surface area contributed by atoms with Gasteiger partial charge < -0.3 is 5.11 Å². The number of benzene rings is 1. The lowest BCUT2D eigenvalue weighted by molar-refractivity contribution is -0.514. The molecule has 0 saturated carbocycles. The topological polar surface area (TPSA) is 76.3 Å². The second kappa shape index (κ2) is 6.44. The van der Waals surface area contributed by atoms with Gasteiger partial charge in [-0.1, -0.05) is 0 Å². The van der Waals surface area contributed by atoms with Crippen molar-refractivity contribution in [2.75, 3.05) is 6.54 Å². The largest absolute Gasteiger partial charge is 0.373 e. The second-order valence-electron chi connectivity index (χ2n) is 4.91. The zero-order valence-electron chi connectivity index (χ0n) is 11.7. The third-order valence-electron chi connectivity index (χ3n) is 3.30. The Kier molecular flexibility index (Phi) is 4.90. The first-order valence-electron chi connectivity index (χ1n) is 6.37. The molecule has 0 amide bonds. The van der Waals surface area contributed by atoms with Crippen LogP contribution in [0.2, 0.25) is 0 Å². The van der Waals surface area contributed by atoms with Gasteiger partial charge >= 0.3 is 5.92 Å². The predicted octanol–water partition coefficient (Wildman–Crippen LogP) is 3.38. The Hall–Kier alpha value is -2.07. The van der Waals surface area contributed by atoms with Crippen molar-refractivity contribution < 1.29 is 27.6 Å². The number of halogens is 5. The van der Waals surface area contributed by atoms with Gasteiger partial charge in [-0.25, -0.2) is 8.78 Å². The number of aromatic nitrogens is 1. The lowest BCUT2D eigenvalue weighted by Gasteiger charge is -2.32. The van der Waals surface area contributed by atoms with Crippen LogP contribution in [0.1, 0.15) is 11.3 Å². The van der Waals surface area contributed by atoms with E-state index >= 15 is 0 Å². The summed E-state index contributed by atoms with van der Waals surface area (Å²) < 4.78 is 56.8. The zero-order valence-corrected chi connectivity index (χ0v) is 13.3. The Balaban J connectivity index is 2.66. The third kappa shape index (κ3) is 3.24. The number of pyridine rings is 1. The molecule has 5 nitrogen and oxygen atoms in total. The van der Waals surface area contributed by atoms with Gasteiger partial charge in [0.25, 0.3) is 0 Å². The lowest BCUT2D eigenvalue weighted by Crippen LogP contribution is -2.49. The average molecular weight is 409 g/mol. The highest BCUT2D eigenvalue weighted by atomic mass is 79.9. The van der Waals surface area contributed by atoms with Crippen LogP contribution in [0.3, 0.4) is 0 Å². The number of nitro groups is 1. The van der Waals surface area contributed by atoms with E-state index in [9.17, 15) is 32.8 Å². The molecule has 1 atom stereocenters. The van der Waals surface area contributed by atoms with Crippen LogP contribution in [0.25, 0.3) is 0 Å². The van der Waals surface area contributed by atoms with Crippen LogP contribution < -0.4 is 0 Å². The van der Waals surface area contributed by atoms with Crippen molar-refractivity contribution >= 4 is 15.9 Å². The maximum absolute atomic E-state index is 14.8. The van der Waals surface area contributed by atoms with Crippen LogP contribution in [0.4, 0.5) is 17.6 Å². The fraction of sp³-hybridized carbons (Fsp3) is 0.214. The van der Waals surface area contributed by atoms with Crippen LogP contribution >= 0.6 is 15.9 Å². The summed E-state index contributed by atoms with van der Waals surface area (Å²) in [5.74, 6) is -6.93. The molecule has 2 rings (SSSR count). The Morgan fingerprint density at radius 2 is 1.92 bits per heavy atom. The maximum Gasteiger partial charge on any atom is 0.328 e. The summed E-state index contributed by atoms with van der Waals surface area (Å²) in [7, 11) is 0. The highest BCUT2D eigenvalue weighted by Crippen LogP contribution is 2.45. The fourth-order valence-corrected chi connectivity index (χ4v) is 2.37. The van der Waals surface area contributed by atoms with Gasteiger partial charge in [0.1, 0.15) is 17.3 Å². The van der Waals surface area contributed by atoms with Gasteiger partial charge in [-0.2, -0.15) is 8.78 Å². The molecule has 0 spiro atoms. The van der Waals surface area contributed by atoms with Crippen molar-refractivity contribution in [3.05, 3.63) is 74.0 Å². The SMILES string of the molecule is O=[N+]([O-])C[C@@](O)(c1ccc(F)cc1F)C(F)(F)c1ccc(Br)cn1. The molecule has 0 aliphatic carbocycles. The van der Waals surface area contributed by atoms with Gasteiger partial charge in [0, 0.05) is 27.2 Å². The second-order valence-corrected chi connectivity index (χ2v) is 5.83. The molecule has 0 aliphatic heterocycles. The highest BCUT2D eigenvalue weighted by molar-refractivity contribution is 9.10. The molecule has 0 bridgehead atoms. The Morgan fingerprint density at radius 3 is 2.42 bits per heavy atom. The molecule has 0 radical (unpaired) electrons. The zero-order chi connectivity index (χ0) is 18.1. The van der Waals surface area contributed by atoms with Crippen molar-refractivity contribution in [2.24, 2.45) is 0 Å². The monoisotopic (exact) mass is 408 g/mol. The molecule has 1 heterocycles. The van der Waals surface area contributed by atoms with Crippen molar-refractivity contribution in [3.63, 3.8) is 0 Å². The van der Waals surface area contributed by atoms with Crippen molar-refractivity contribution in [1.29, 1.82) is 0 Å². The maximum atomic E-state index is 14.8. The molecule has 0 unspecified atom stereocenters. The fourth-order valence-electron chi connectivity index (χ4n) is 2.14. The number of alkyl halides is 2. The summed E-state index contributed by atoms with van der Waals surface area (Å²) in [6.45, 7) is -1.71. The predicted molar refractivity (Wildman–Crippen MR) is 77.9 cm³/mol. The van der Waals surface area contributed by atoms with E-state index in [0.717, 1.165) is 12.3 Å². The number of rotatable bonds is 5. The minimum absolute atomic E-state index is 0.255. The molecular formula is C14H9BrF4N2O3. The van der Waals surface area contributed by atoms with Gasteiger partial charge in [-0.05, 0) is 40.2 Å². The number of hydrogen-bond donors (Lipinski definition) is 1. The summed E-state index contributed by atoms with van der Waals surface area (Å²) in [6.07, 6.45) is 0.997. The first-order chi connectivity index (χ1) is 11.1. The molecule has 0 saturated heterocycles. The minimum Gasteiger partial charge on any atom is -0.373 e. The Bertz CT molecular complexity index is 773. The molecule has 1 aromatic carbocycles. The van der Waals surface area contributed by atoms with Crippen molar-refractivity contribution in [1.82, 2.24) is 4.98 Å². The van der Waals surface area contributed by atoms with E-state index < -0.39 is 45.9 Å². The summed E-state index contributed by atoms with van der Waals surface area (Å²) in [5.41, 5.74) is -5.66. The van der Waals surface area contributed by atoms with Crippen LogP contribution in [-0.4, -0.2) is 21.6 Å². The average Bonchev–Trinajstić information content (AvgIpc) is 2.46. The smallest absolute Gasteiger partial charge is 0.328 e. The lowest BCUT2D eigenvalue weighted by atomic mass is 9.84. The van der Waals surface area contributed by atoms with Gasteiger partial charge in [0.15, 0.2) is 0 Å². The molecular weight excluding hydrogens is 400 g/mol. The van der Waals surface area contributed by atoms with E-state index in [1.165, 1.54) is 6.07 Å². The molecule has 0 fully saturated rings. The van der Waals surface area contributed by atoms with E-state index in [-0.39, 0.29) is 6.07 Å². The van der Waals surface area contributed by atoms with Gasteiger partial charge in [-0.15, -0.1) is 0 Å². The third-order valence-corrected chi connectivity index (χ3v) is 3.77. The van der Waals surface area contributed by atoms with Crippen LogP contribution in [0.5, 0.6) is 0 Å².